The third-order valence-corrected chi connectivity index (χ3v) is 9.23. The Labute approximate surface area is 223 Å². The van der Waals surface area contributed by atoms with Crippen molar-refractivity contribution in [3.8, 4) is 5.75 Å². The summed E-state index contributed by atoms with van der Waals surface area (Å²) in [7, 11) is 1.67. The molecular formula is C25H28N6O2S3. The molecule has 0 unspecified atom stereocenters. The van der Waals surface area contributed by atoms with Crippen molar-refractivity contribution in [1.82, 2.24) is 24.6 Å². The number of aromatic nitrogens is 4. The number of thiazole rings is 1. The molecule has 0 N–H and O–H groups in total. The molecule has 2 aromatic carbocycles. The van der Waals surface area contributed by atoms with Crippen LogP contribution in [0.5, 0.6) is 5.75 Å². The zero-order chi connectivity index (χ0) is 24.9. The predicted molar refractivity (Wildman–Crippen MR) is 147 cm³/mol. The van der Waals surface area contributed by atoms with E-state index in [9.17, 15) is 4.79 Å². The van der Waals surface area contributed by atoms with E-state index in [4.69, 9.17) is 9.72 Å². The molecule has 11 heteroatoms. The molecule has 2 aromatic heterocycles. The number of benzene rings is 2. The topological polar surface area (TPSA) is 76.4 Å². The number of fused-ring (bicyclic) bond motifs is 1. The van der Waals surface area contributed by atoms with Crippen LogP contribution in [0.25, 0.3) is 10.2 Å². The average molecular weight is 541 g/mol. The number of thioether (sulfide) groups is 2. The molecule has 4 aromatic rings. The lowest BCUT2D eigenvalue weighted by molar-refractivity contribution is -0.128. The summed E-state index contributed by atoms with van der Waals surface area (Å²) >= 11 is 4.84. The first-order valence-corrected chi connectivity index (χ1v) is 14.6. The van der Waals surface area contributed by atoms with Gasteiger partial charge in [-0.05, 0) is 43.3 Å². The largest absolute Gasteiger partial charge is 0.497 e. The summed E-state index contributed by atoms with van der Waals surface area (Å²) in [6.45, 7) is 5.92. The Morgan fingerprint density at radius 3 is 2.53 bits per heavy atom. The maximum atomic E-state index is 12.9. The van der Waals surface area contributed by atoms with E-state index in [1.165, 1.54) is 16.5 Å². The van der Waals surface area contributed by atoms with Crippen LogP contribution in [0.3, 0.4) is 0 Å². The molecule has 0 saturated carbocycles. The van der Waals surface area contributed by atoms with E-state index in [0.717, 1.165) is 65.0 Å². The maximum Gasteiger partial charge on any atom is 0.233 e. The molecule has 0 atom stereocenters. The van der Waals surface area contributed by atoms with Crippen LogP contribution in [0, 0.1) is 0 Å². The second kappa shape index (κ2) is 11.5. The Kier molecular flexibility index (Phi) is 7.98. The van der Waals surface area contributed by atoms with Gasteiger partial charge in [-0.25, -0.2) is 4.98 Å². The lowest BCUT2D eigenvalue weighted by atomic mass is 10.2. The zero-order valence-electron chi connectivity index (χ0n) is 20.3. The second-order valence-electron chi connectivity index (χ2n) is 8.23. The third-order valence-electron chi connectivity index (χ3n) is 6.10. The van der Waals surface area contributed by atoms with Crippen molar-refractivity contribution in [2.24, 2.45) is 0 Å². The summed E-state index contributed by atoms with van der Waals surface area (Å²) in [5, 5.41) is 9.59. The molecule has 0 radical (unpaired) electrons. The van der Waals surface area contributed by atoms with Gasteiger partial charge in [-0.2, -0.15) is 0 Å². The zero-order valence-corrected chi connectivity index (χ0v) is 22.7. The number of piperazine rings is 1. The first kappa shape index (κ1) is 24.9. The number of hydrogen-bond donors (Lipinski definition) is 0. The molecule has 3 heterocycles. The van der Waals surface area contributed by atoms with Gasteiger partial charge in [0.1, 0.15) is 11.6 Å². The Balaban J connectivity index is 1.12. The minimum absolute atomic E-state index is 0.144. The van der Waals surface area contributed by atoms with Gasteiger partial charge < -0.3 is 19.1 Å². The van der Waals surface area contributed by atoms with Gasteiger partial charge in [0.15, 0.2) is 9.50 Å². The van der Waals surface area contributed by atoms with Gasteiger partial charge >= 0.3 is 0 Å². The number of rotatable bonds is 9. The number of hydrogen-bond acceptors (Lipinski definition) is 9. The van der Waals surface area contributed by atoms with E-state index < -0.39 is 0 Å². The third kappa shape index (κ3) is 5.63. The summed E-state index contributed by atoms with van der Waals surface area (Å²) in [6.07, 6.45) is 0. The van der Waals surface area contributed by atoms with Gasteiger partial charge in [0, 0.05) is 38.4 Å². The van der Waals surface area contributed by atoms with E-state index >= 15 is 0 Å². The van der Waals surface area contributed by atoms with Crippen molar-refractivity contribution in [2.45, 2.75) is 28.7 Å². The number of ether oxygens (including phenoxy) is 1. The minimum Gasteiger partial charge on any atom is -0.497 e. The summed E-state index contributed by atoms with van der Waals surface area (Å²) < 4.78 is 9.56. The fourth-order valence-corrected chi connectivity index (χ4v) is 7.05. The average Bonchev–Trinajstić information content (AvgIpc) is 3.53. The van der Waals surface area contributed by atoms with Crippen molar-refractivity contribution in [2.75, 3.05) is 43.9 Å². The molecular weight excluding hydrogens is 513 g/mol. The van der Waals surface area contributed by atoms with Crippen LogP contribution < -0.4 is 9.64 Å². The number of anilines is 1. The quantitative estimate of drug-likeness (QED) is 0.284. The molecule has 0 aliphatic carbocycles. The number of carbonyl (C=O) groups is 1. The van der Waals surface area contributed by atoms with Crippen molar-refractivity contribution in [3.63, 3.8) is 0 Å². The van der Waals surface area contributed by atoms with Crippen LogP contribution in [0.4, 0.5) is 5.69 Å². The summed E-state index contributed by atoms with van der Waals surface area (Å²) in [6, 6.07) is 16.3. The lowest BCUT2D eigenvalue weighted by Crippen LogP contribution is -2.49. The van der Waals surface area contributed by atoms with E-state index in [1.54, 1.807) is 30.2 Å². The Bertz CT molecular complexity index is 1280. The first-order valence-electron chi connectivity index (χ1n) is 11.8. The predicted octanol–water partition coefficient (Wildman–Crippen LogP) is 4.65. The molecule has 0 bridgehead atoms. The van der Waals surface area contributed by atoms with E-state index in [-0.39, 0.29) is 5.91 Å². The fourth-order valence-electron chi connectivity index (χ4n) is 4.11. The summed E-state index contributed by atoms with van der Waals surface area (Å²) in [4.78, 5) is 21.8. The fraction of sp³-hybridized carbons (Fsp3) is 0.360. The number of carbonyl (C=O) groups excluding carboxylic acids is 1. The van der Waals surface area contributed by atoms with Gasteiger partial charge in [0.25, 0.3) is 0 Å². The molecule has 188 valence electrons. The molecule has 1 aliphatic rings. The van der Waals surface area contributed by atoms with Crippen LogP contribution >= 0.6 is 34.9 Å². The highest BCUT2D eigenvalue weighted by molar-refractivity contribution is 8.00. The lowest BCUT2D eigenvalue weighted by Gasteiger charge is -2.36. The Morgan fingerprint density at radius 1 is 1.03 bits per heavy atom. The van der Waals surface area contributed by atoms with Crippen molar-refractivity contribution >= 4 is 56.7 Å². The number of amides is 1. The Morgan fingerprint density at radius 2 is 1.81 bits per heavy atom. The summed E-state index contributed by atoms with van der Waals surface area (Å²) in [5.41, 5.74) is 2.19. The molecule has 0 spiro atoms. The SMILES string of the molecule is CCn1c(CSc2nc3ccccc3s2)nnc1SCC(=O)N1CCN(c2ccc(OC)cc2)CC1. The van der Waals surface area contributed by atoms with E-state index in [1.807, 2.05) is 35.2 Å². The molecule has 1 saturated heterocycles. The normalized spacial score (nSPS) is 13.9. The van der Waals surface area contributed by atoms with Gasteiger partial charge in [-0.15, -0.1) is 21.5 Å². The number of para-hydroxylation sites is 1. The highest BCUT2D eigenvalue weighted by Gasteiger charge is 2.22. The van der Waals surface area contributed by atoms with Crippen molar-refractivity contribution in [3.05, 3.63) is 54.4 Å². The van der Waals surface area contributed by atoms with Crippen LogP contribution in [0.15, 0.2) is 58.0 Å². The van der Waals surface area contributed by atoms with Gasteiger partial charge in [-0.3, -0.25) is 4.79 Å². The molecule has 1 aliphatic heterocycles. The van der Waals surface area contributed by atoms with Crippen molar-refractivity contribution < 1.29 is 9.53 Å². The molecule has 1 amide bonds. The van der Waals surface area contributed by atoms with Gasteiger partial charge in [0.2, 0.25) is 5.91 Å². The second-order valence-corrected chi connectivity index (χ2v) is 11.4. The van der Waals surface area contributed by atoms with Crippen LogP contribution in [-0.2, 0) is 17.1 Å². The van der Waals surface area contributed by atoms with Crippen LogP contribution in [0.2, 0.25) is 0 Å². The monoisotopic (exact) mass is 540 g/mol. The smallest absolute Gasteiger partial charge is 0.233 e. The van der Waals surface area contributed by atoms with Gasteiger partial charge in [-0.1, -0.05) is 35.7 Å². The van der Waals surface area contributed by atoms with Crippen LogP contribution in [-0.4, -0.2) is 69.6 Å². The summed E-state index contributed by atoms with van der Waals surface area (Å²) in [5.74, 6) is 2.96. The number of nitrogens with zero attached hydrogens (tertiary/aromatic N) is 6. The van der Waals surface area contributed by atoms with E-state index in [0.29, 0.717) is 11.5 Å². The Hall–Kier alpha value is -2.76. The maximum absolute atomic E-state index is 12.9. The first-order chi connectivity index (χ1) is 17.6. The van der Waals surface area contributed by atoms with Crippen molar-refractivity contribution in [1.29, 1.82) is 0 Å². The van der Waals surface area contributed by atoms with E-state index in [2.05, 4.69) is 44.8 Å². The van der Waals surface area contributed by atoms with Crippen LogP contribution in [0.1, 0.15) is 12.7 Å². The highest BCUT2D eigenvalue weighted by atomic mass is 32.2. The van der Waals surface area contributed by atoms with Gasteiger partial charge in [0.05, 0.1) is 28.8 Å². The minimum atomic E-state index is 0.144. The standard InChI is InChI=1S/C25H28N6O2S3/c1-3-31-22(16-35-25-26-20-6-4-5-7-21(20)36-25)27-28-24(31)34-17-23(32)30-14-12-29(13-15-30)18-8-10-19(33-2)11-9-18/h4-11H,3,12-17H2,1-2H3. The molecule has 1 fully saturated rings. The molecule has 5 rings (SSSR count). The number of methoxy groups -OCH3 is 1. The highest BCUT2D eigenvalue weighted by Crippen LogP contribution is 2.31. The molecule has 36 heavy (non-hydrogen) atoms. The molecule has 8 nitrogen and oxygen atoms in total.